The normalized spacial score (nSPS) is 17.2. The lowest BCUT2D eigenvalue weighted by Gasteiger charge is -2.21. The first kappa shape index (κ1) is 13.5. The summed E-state index contributed by atoms with van der Waals surface area (Å²) in [5, 5.41) is 11.3. The van der Waals surface area contributed by atoms with Gasteiger partial charge in [0.2, 0.25) is 0 Å². The molecular weight excluding hydrogens is 228 g/mol. The zero-order valence-corrected chi connectivity index (χ0v) is 11.3. The van der Waals surface area contributed by atoms with Crippen LogP contribution in [0.3, 0.4) is 0 Å². The average molecular weight is 252 g/mol. The number of aryl methyl sites for hydroxylation is 1. The lowest BCUT2D eigenvalue weighted by Crippen LogP contribution is -2.18. The summed E-state index contributed by atoms with van der Waals surface area (Å²) in [5.41, 5.74) is 0. The van der Waals surface area contributed by atoms with Crippen LogP contribution in [-0.2, 0) is 18.3 Å². The van der Waals surface area contributed by atoms with Crippen molar-refractivity contribution in [2.75, 3.05) is 19.8 Å². The van der Waals surface area contributed by atoms with Gasteiger partial charge in [-0.05, 0) is 31.7 Å². The highest BCUT2D eigenvalue weighted by atomic mass is 16.5. The SMILES string of the molecule is Cn1cnnc1CNCCCCC1CCOCC1. The third-order valence-electron chi connectivity index (χ3n) is 3.65. The maximum Gasteiger partial charge on any atom is 0.146 e. The summed E-state index contributed by atoms with van der Waals surface area (Å²) in [6, 6.07) is 0. The van der Waals surface area contributed by atoms with E-state index >= 15 is 0 Å². The van der Waals surface area contributed by atoms with Crippen LogP contribution in [-0.4, -0.2) is 34.5 Å². The van der Waals surface area contributed by atoms with E-state index in [4.69, 9.17) is 4.74 Å². The van der Waals surface area contributed by atoms with Crippen molar-refractivity contribution in [3.05, 3.63) is 12.2 Å². The van der Waals surface area contributed by atoms with Gasteiger partial charge < -0.3 is 14.6 Å². The van der Waals surface area contributed by atoms with Gasteiger partial charge in [-0.15, -0.1) is 10.2 Å². The Morgan fingerprint density at radius 3 is 2.94 bits per heavy atom. The monoisotopic (exact) mass is 252 g/mol. The van der Waals surface area contributed by atoms with E-state index in [0.29, 0.717) is 0 Å². The third kappa shape index (κ3) is 4.38. The summed E-state index contributed by atoms with van der Waals surface area (Å²) >= 11 is 0. The van der Waals surface area contributed by atoms with Crippen LogP contribution in [0, 0.1) is 5.92 Å². The van der Waals surface area contributed by atoms with E-state index in [2.05, 4.69) is 15.5 Å². The quantitative estimate of drug-likeness (QED) is 0.747. The zero-order chi connectivity index (χ0) is 12.6. The summed E-state index contributed by atoms with van der Waals surface area (Å²) in [7, 11) is 1.97. The minimum atomic E-state index is 0.813. The Kier molecular flexibility index (Phi) is 5.61. The Morgan fingerprint density at radius 1 is 1.39 bits per heavy atom. The molecule has 2 heterocycles. The van der Waals surface area contributed by atoms with E-state index < -0.39 is 0 Å². The minimum absolute atomic E-state index is 0.813. The molecule has 0 saturated carbocycles. The van der Waals surface area contributed by atoms with Gasteiger partial charge in [-0.2, -0.15) is 0 Å². The molecule has 102 valence electrons. The first-order valence-electron chi connectivity index (χ1n) is 6.97. The molecule has 0 atom stereocenters. The van der Waals surface area contributed by atoms with Gasteiger partial charge in [-0.25, -0.2) is 0 Å². The molecule has 0 unspecified atom stereocenters. The van der Waals surface area contributed by atoms with Crippen molar-refractivity contribution >= 4 is 0 Å². The molecule has 0 aliphatic carbocycles. The first-order valence-corrected chi connectivity index (χ1v) is 6.97. The number of nitrogens with zero attached hydrogens (tertiary/aromatic N) is 3. The fraction of sp³-hybridized carbons (Fsp3) is 0.846. The third-order valence-corrected chi connectivity index (χ3v) is 3.65. The van der Waals surface area contributed by atoms with Crippen LogP contribution in [0.2, 0.25) is 0 Å². The van der Waals surface area contributed by atoms with Crippen LogP contribution < -0.4 is 5.32 Å². The molecule has 5 nitrogen and oxygen atoms in total. The fourth-order valence-corrected chi connectivity index (χ4v) is 2.39. The predicted octanol–water partition coefficient (Wildman–Crippen LogP) is 1.50. The van der Waals surface area contributed by atoms with E-state index in [9.17, 15) is 0 Å². The standard InChI is InChI=1S/C13H24N4O/c1-17-11-15-16-13(17)10-14-7-3-2-4-12-5-8-18-9-6-12/h11-12,14H,2-10H2,1H3. The summed E-state index contributed by atoms with van der Waals surface area (Å²) in [5.74, 6) is 1.90. The van der Waals surface area contributed by atoms with E-state index in [1.54, 1.807) is 6.33 Å². The van der Waals surface area contributed by atoms with E-state index in [1.165, 1.54) is 32.1 Å². The summed E-state index contributed by atoms with van der Waals surface area (Å²) in [6.45, 7) is 3.81. The summed E-state index contributed by atoms with van der Waals surface area (Å²) in [6.07, 6.45) is 8.17. The molecule has 1 aliphatic rings. The number of nitrogens with one attached hydrogen (secondary N) is 1. The van der Waals surface area contributed by atoms with Gasteiger partial charge in [-0.1, -0.05) is 12.8 Å². The lowest BCUT2D eigenvalue weighted by molar-refractivity contribution is 0.0631. The van der Waals surface area contributed by atoms with E-state index in [-0.39, 0.29) is 0 Å². The number of hydrogen-bond donors (Lipinski definition) is 1. The second-order valence-corrected chi connectivity index (χ2v) is 5.09. The molecule has 1 aromatic heterocycles. The smallest absolute Gasteiger partial charge is 0.146 e. The Morgan fingerprint density at radius 2 is 2.22 bits per heavy atom. The van der Waals surface area contributed by atoms with Crippen LogP contribution in [0.4, 0.5) is 0 Å². The maximum absolute atomic E-state index is 5.37. The molecule has 2 rings (SSSR count). The Balaban J connectivity index is 1.47. The number of aromatic nitrogens is 3. The van der Waals surface area contributed by atoms with Crippen molar-refractivity contribution in [1.29, 1.82) is 0 Å². The molecule has 18 heavy (non-hydrogen) atoms. The van der Waals surface area contributed by atoms with Crippen molar-refractivity contribution in [2.45, 2.75) is 38.6 Å². The highest BCUT2D eigenvalue weighted by Gasteiger charge is 2.12. The minimum Gasteiger partial charge on any atom is -0.381 e. The Bertz CT molecular complexity index is 333. The zero-order valence-electron chi connectivity index (χ0n) is 11.3. The number of rotatable bonds is 7. The number of hydrogen-bond acceptors (Lipinski definition) is 4. The van der Waals surface area contributed by atoms with Gasteiger partial charge in [0.25, 0.3) is 0 Å². The molecule has 1 aromatic rings. The highest BCUT2D eigenvalue weighted by Crippen LogP contribution is 2.20. The summed E-state index contributed by atoms with van der Waals surface area (Å²) < 4.78 is 7.32. The molecule has 1 fully saturated rings. The maximum atomic E-state index is 5.37. The van der Waals surface area contributed by atoms with Gasteiger partial charge in [0.1, 0.15) is 12.2 Å². The molecule has 0 aromatic carbocycles. The number of unbranched alkanes of at least 4 members (excludes halogenated alkanes) is 1. The highest BCUT2D eigenvalue weighted by molar-refractivity contribution is 4.82. The second-order valence-electron chi connectivity index (χ2n) is 5.09. The van der Waals surface area contributed by atoms with E-state index in [0.717, 1.165) is 38.0 Å². The van der Waals surface area contributed by atoms with Crippen LogP contribution in [0.5, 0.6) is 0 Å². The molecule has 0 bridgehead atoms. The Hall–Kier alpha value is -0.940. The van der Waals surface area contributed by atoms with Crippen molar-refractivity contribution in [3.63, 3.8) is 0 Å². The second kappa shape index (κ2) is 7.48. The number of ether oxygens (including phenoxy) is 1. The predicted molar refractivity (Wildman–Crippen MR) is 70.1 cm³/mol. The van der Waals surface area contributed by atoms with Crippen LogP contribution in [0.15, 0.2) is 6.33 Å². The van der Waals surface area contributed by atoms with Gasteiger partial charge >= 0.3 is 0 Å². The molecule has 0 spiro atoms. The van der Waals surface area contributed by atoms with E-state index in [1.807, 2.05) is 11.6 Å². The van der Waals surface area contributed by atoms with Gasteiger partial charge in [0.15, 0.2) is 0 Å². The molecule has 1 saturated heterocycles. The van der Waals surface area contributed by atoms with Crippen LogP contribution in [0.25, 0.3) is 0 Å². The van der Waals surface area contributed by atoms with Gasteiger partial charge in [0, 0.05) is 20.3 Å². The first-order chi connectivity index (χ1) is 8.86. The fourth-order valence-electron chi connectivity index (χ4n) is 2.39. The summed E-state index contributed by atoms with van der Waals surface area (Å²) in [4.78, 5) is 0. The van der Waals surface area contributed by atoms with Crippen molar-refractivity contribution in [1.82, 2.24) is 20.1 Å². The van der Waals surface area contributed by atoms with Crippen molar-refractivity contribution in [3.8, 4) is 0 Å². The molecule has 5 heteroatoms. The van der Waals surface area contributed by atoms with Crippen molar-refractivity contribution in [2.24, 2.45) is 13.0 Å². The van der Waals surface area contributed by atoms with Crippen molar-refractivity contribution < 1.29 is 4.74 Å². The van der Waals surface area contributed by atoms with Crippen LogP contribution in [0.1, 0.15) is 37.9 Å². The molecule has 1 aliphatic heterocycles. The molecular formula is C13H24N4O. The van der Waals surface area contributed by atoms with Gasteiger partial charge in [0.05, 0.1) is 6.54 Å². The topological polar surface area (TPSA) is 52.0 Å². The lowest BCUT2D eigenvalue weighted by atomic mass is 9.94. The van der Waals surface area contributed by atoms with Crippen LogP contribution >= 0.6 is 0 Å². The molecule has 0 radical (unpaired) electrons. The average Bonchev–Trinajstić information content (AvgIpc) is 2.81. The molecule has 1 N–H and O–H groups in total. The molecule has 0 amide bonds. The Labute approximate surface area is 109 Å². The largest absolute Gasteiger partial charge is 0.381 e. The van der Waals surface area contributed by atoms with Gasteiger partial charge in [-0.3, -0.25) is 0 Å².